The predicted molar refractivity (Wildman–Crippen MR) is 112 cm³/mol. The number of nitrogens with one attached hydrogen (secondary N) is 1. The van der Waals surface area contributed by atoms with Crippen LogP contribution in [-0.4, -0.2) is 18.2 Å². The Balaban J connectivity index is 1.54. The maximum Gasteiger partial charge on any atom is 0.280 e. The van der Waals surface area contributed by atoms with Gasteiger partial charge in [-0.25, -0.2) is 5.43 Å². The van der Waals surface area contributed by atoms with Crippen molar-refractivity contribution in [2.24, 2.45) is 5.10 Å². The summed E-state index contributed by atoms with van der Waals surface area (Å²) in [6, 6.07) is 25.4. The van der Waals surface area contributed by atoms with E-state index in [2.05, 4.69) is 38.6 Å². The fourth-order valence-corrected chi connectivity index (χ4v) is 2.69. The number of carbonyl (C=O) groups excluding carboxylic acids is 1. The summed E-state index contributed by atoms with van der Waals surface area (Å²) in [7, 11) is 0. The molecule has 136 valence electrons. The lowest BCUT2D eigenvalue weighted by Gasteiger charge is -2.13. The van der Waals surface area contributed by atoms with E-state index in [0.29, 0.717) is 5.75 Å². The number of ether oxygens (including phenoxy) is 1. The van der Waals surface area contributed by atoms with Crippen molar-refractivity contribution < 1.29 is 9.53 Å². The van der Waals surface area contributed by atoms with Crippen molar-refractivity contribution in [2.75, 3.05) is 0 Å². The van der Waals surface area contributed by atoms with Crippen LogP contribution in [0.15, 0.2) is 88.4 Å². The number of carbonyl (C=O) groups is 1. The van der Waals surface area contributed by atoms with E-state index < -0.39 is 6.10 Å². The minimum atomic E-state index is -0.658. The number of benzene rings is 3. The summed E-state index contributed by atoms with van der Waals surface area (Å²) in [4.78, 5) is 12.1. The van der Waals surface area contributed by atoms with Gasteiger partial charge in [-0.05, 0) is 47.9 Å². The number of halogens is 1. The lowest BCUT2D eigenvalue weighted by atomic mass is 10.1. The molecular weight excluding hydrogens is 404 g/mol. The van der Waals surface area contributed by atoms with Gasteiger partial charge in [-0.15, -0.1) is 0 Å². The Labute approximate surface area is 167 Å². The van der Waals surface area contributed by atoms with Gasteiger partial charge in [0.25, 0.3) is 5.91 Å². The lowest BCUT2D eigenvalue weighted by molar-refractivity contribution is -0.127. The molecule has 3 aromatic rings. The molecule has 5 heteroatoms. The van der Waals surface area contributed by atoms with E-state index >= 15 is 0 Å². The normalized spacial score (nSPS) is 11.9. The highest BCUT2D eigenvalue weighted by Gasteiger charge is 2.13. The van der Waals surface area contributed by atoms with Crippen molar-refractivity contribution in [3.63, 3.8) is 0 Å². The Morgan fingerprint density at radius 2 is 1.59 bits per heavy atom. The molecule has 3 rings (SSSR count). The molecule has 0 aliphatic carbocycles. The number of nitrogens with zero attached hydrogens (tertiary/aromatic N) is 1. The first-order chi connectivity index (χ1) is 13.1. The van der Waals surface area contributed by atoms with E-state index in [9.17, 15) is 4.79 Å². The number of amides is 1. The summed E-state index contributed by atoms with van der Waals surface area (Å²) in [6.07, 6.45) is 0.931. The van der Waals surface area contributed by atoms with Crippen molar-refractivity contribution in [2.45, 2.75) is 13.0 Å². The Hall–Kier alpha value is -2.92. The highest BCUT2D eigenvalue weighted by atomic mass is 79.9. The van der Waals surface area contributed by atoms with Gasteiger partial charge in [0, 0.05) is 4.47 Å². The Morgan fingerprint density at radius 3 is 2.26 bits per heavy atom. The summed E-state index contributed by atoms with van der Waals surface area (Å²) in [6.45, 7) is 1.69. The second-order valence-electron chi connectivity index (χ2n) is 5.94. The van der Waals surface area contributed by atoms with Crippen molar-refractivity contribution in [3.05, 3.63) is 88.9 Å². The minimum absolute atomic E-state index is 0.310. The van der Waals surface area contributed by atoms with Crippen LogP contribution in [-0.2, 0) is 4.79 Å². The molecule has 1 atom stereocenters. The molecule has 0 bridgehead atoms. The summed E-state index contributed by atoms with van der Waals surface area (Å²) in [5.74, 6) is 0.324. The average molecular weight is 423 g/mol. The summed E-state index contributed by atoms with van der Waals surface area (Å²) in [5.41, 5.74) is 5.62. The van der Waals surface area contributed by atoms with Gasteiger partial charge in [0.15, 0.2) is 6.10 Å². The molecule has 4 nitrogen and oxygen atoms in total. The van der Waals surface area contributed by atoms with E-state index in [1.165, 1.54) is 0 Å². The minimum Gasteiger partial charge on any atom is -0.481 e. The maximum atomic E-state index is 12.1. The zero-order valence-electron chi connectivity index (χ0n) is 14.8. The Bertz CT molecular complexity index is 907. The largest absolute Gasteiger partial charge is 0.481 e. The molecule has 1 amide bonds. The molecule has 0 spiro atoms. The molecule has 0 aliphatic rings. The number of hydrogen-bond acceptors (Lipinski definition) is 3. The van der Waals surface area contributed by atoms with Crippen molar-refractivity contribution in [1.29, 1.82) is 0 Å². The summed E-state index contributed by atoms with van der Waals surface area (Å²) in [5, 5.41) is 3.97. The van der Waals surface area contributed by atoms with E-state index in [-0.39, 0.29) is 5.91 Å². The molecule has 3 aromatic carbocycles. The van der Waals surface area contributed by atoms with Gasteiger partial charge in [-0.1, -0.05) is 70.5 Å². The monoisotopic (exact) mass is 422 g/mol. The van der Waals surface area contributed by atoms with Gasteiger partial charge in [-0.3, -0.25) is 4.79 Å². The van der Waals surface area contributed by atoms with Crippen LogP contribution in [0.4, 0.5) is 0 Å². The zero-order chi connectivity index (χ0) is 19.1. The van der Waals surface area contributed by atoms with E-state index in [4.69, 9.17) is 4.74 Å². The average Bonchev–Trinajstić information content (AvgIpc) is 2.70. The molecule has 0 radical (unpaired) electrons. The first kappa shape index (κ1) is 18.9. The van der Waals surface area contributed by atoms with Crippen molar-refractivity contribution in [3.8, 4) is 16.9 Å². The highest BCUT2D eigenvalue weighted by Crippen LogP contribution is 2.22. The molecule has 1 N–H and O–H groups in total. The van der Waals surface area contributed by atoms with Crippen LogP contribution >= 0.6 is 15.9 Å². The molecule has 1 unspecified atom stereocenters. The van der Waals surface area contributed by atoms with Gasteiger partial charge >= 0.3 is 0 Å². The second kappa shape index (κ2) is 9.14. The van der Waals surface area contributed by atoms with Gasteiger partial charge in [-0.2, -0.15) is 5.10 Å². The summed E-state index contributed by atoms with van der Waals surface area (Å²) >= 11 is 3.37. The van der Waals surface area contributed by atoms with E-state index in [1.54, 1.807) is 13.1 Å². The fraction of sp³-hybridized carbons (Fsp3) is 0.0909. The van der Waals surface area contributed by atoms with Crippen LogP contribution in [0.1, 0.15) is 12.5 Å². The third-order valence-corrected chi connectivity index (χ3v) is 4.43. The van der Waals surface area contributed by atoms with Crippen LogP contribution in [0.25, 0.3) is 11.1 Å². The molecule has 0 heterocycles. The van der Waals surface area contributed by atoms with Gasteiger partial charge in [0.05, 0.1) is 6.21 Å². The van der Waals surface area contributed by atoms with Crippen LogP contribution in [0, 0.1) is 0 Å². The second-order valence-corrected chi connectivity index (χ2v) is 6.85. The van der Waals surface area contributed by atoms with Gasteiger partial charge < -0.3 is 4.74 Å². The standard InChI is InChI=1S/C22H19BrN2O2/c1-16(22(26)25-24-15-17-7-11-20(23)12-8-17)27-21-13-9-19(10-14-21)18-5-3-2-4-6-18/h2-16H,1H3,(H,25,26)/b24-15+. The van der Waals surface area contributed by atoms with E-state index in [0.717, 1.165) is 21.2 Å². The van der Waals surface area contributed by atoms with Gasteiger partial charge in [0.2, 0.25) is 0 Å². The first-order valence-corrected chi connectivity index (χ1v) is 9.32. The first-order valence-electron chi connectivity index (χ1n) is 8.52. The molecular formula is C22H19BrN2O2. The smallest absolute Gasteiger partial charge is 0.280 e. The molecule has 27 heavy (non-hydrogen) atoms. The number of hydrazone groups is 1. The SMILES string of the molecule is CC(Oc1ccc(-c2ccccc2)cc1)C(=O)N/N=C/c1ccc(Br)cc1. The van der Waals surface area contributed by atoms with Crippen molar-refractivity contribution in [1.82, 2.24) is 5.43 Å². The molecule has 0 fully saturated rings. The number of hydrogen-bond donors (Lipinski definition) is 1. The van der Waals surface area contributed by atoms with Crippen LogP contribution in [0.5, 0.6) is 5.75 Å². The Morgan fingerprint density at radius 1 is 0.963 bits per heavy atom. The molecule has 0 saturated carbocycles. The third-order valence-electron chi connectivity index (χ3n) is 3.90. The van der Waals surface area contributed by atoms with Crippen LogP contribution < -0.4 is 10.2 Å². The molecule has 0 saturated heterocycles. The predicted octanol–water partition coefficient (Wildman–Crippen LogP) is 5.03. The zero-order valence-corrected chi connectivity index (χ0v) is 16.4. The molecule has 0 aromatic heterocycles. The van der Waals surface area contributed by atoms with Crippen LogP contribution in [0.3, 0.4) is 0 Å². The topological polar surface area (TPSA) is 50.7 Å². The fourth-order valence-electron chi connectivity index (χ4n) is 2.42. The lowest BCUT2D eigenvalue weighted by Crippen LogP contribution is -2.33. The molecule has 0 aliphatic heterocycles. The summed E-state index contributed by atoms with van der Waals surface area (Å²) < 4.78 is 6.68. The van der Waals surface area contributed by atoms with E-state index in [1.807, 2.05) is 66.7 Å². The van der Waals surface area contributed by atoms with Crippen molar-refractivity contribution >= 4 is 28.1 Å². The highest BCUT2D eigenvalue weighted by molar-refractivity contribution is 9.10. The quantitative estimate of drug-likeness (QED) is 0.447. The third kappa shape index (κ3) is 5.53. The van der Waals surface area contributed by atoms with Crippen LogP contribution in [0.2, 0.25) is 0 Å². The number of rotatable bonds is 6. The van der Waals surface area contributed by atoms with Gasteiger partial charge in [0.1, 0.15) is 5.75 Å². The maximum absolute atomic E-state index is 12.1. The Kier molecular flexibility index (Phi) is 6.39.